The van der Waals surface area contributed by atoms with E-state index in [9.17, 15) is 110 Å². The van der Waals surface area contributed by atoms with Gasteiger partial charge in [0.1, 0.15) is 78.3 Å². The SMILES string of the molecule is CC(C)CC(NC(=O)C(CO)NC(=O)C(CS)NC(=O)C(CS)NC(=O)CN)C(=O)N1CCCC1C(=O)N1CCCC1C(=O)NC(CS)C(=O)NC(C)C(=O)NC(C)C(=O)NC(CC(N)=O)C(=O)NC(CC(N)=O)C(=O)N1CCCC1C(=O)NC(CS)(C(N)=O)C(=O)C(Cc1ccc(OS(=O)(=O)O)cc1)NC(=O)C(N)CC(=O)O. The first-order valence-electron chi connectivity index (χ1n) is 35.6. The molecule has 3 aliphatic rings. The number of thiol groups is 4. The van der Waals surface area contributed by atoms with Crippen molar-refractivity contribution in [2.24, 2.45) is 34.6 Å². The zero-order chi connectivity index (χ0) is 86.0. The summed E-state index contributed by atoms with van der Waals surface area (Å²) in [4.78, 5) is 260. The van der Waals surface area contributed by atoms with Crippen molar-refractivity contribution in [1.29, 1.82) is 0 Å². The van der Waals surface area contributed by atoms with Crippen molar-refractivity contribution >= 4 is 173 Å². The number of nitrogens with one attached hydrogen (secondary N) is 11. The maximum atomic E-state index is 14.6. The summed E-state index contributed by atoms with van der Waals surface area (Å²) in [5.41, 5.74) is 25.0. The summed E-state index contributed by atoms with van der Waals surface area (Å²) in [6.45, 7) is 4.19. The van der Waals surface area contributed by atoms with Gasteiger partial charge >= 0.3 is 16.4 Å². The van der Waals surface area contributed by atoms with E-state index in [0.29, 0.717) is 12.8 Å². The third-order valence-corrected chi connectivity index (χ3v) is 20.2. The highest BCUT2D eigenvalue weighted by molar-refractivity contribution is 7.81. The van der Waals surface area contributed by atoms with E-state index in [-0.39, 0.29) is 80.5 Å². The fourth-order valence-corrected chi connectivity index (χ4v) is 13.8. The van der Waals surface area contributed by atoms with Crippen LogP contribution < -0.4 is 91.3 Å². The van der Waals surface area contributed by atoms with E-state index in [2.05, 4.69) is 113 Å². The number of rotatable bonds is 45. The predicted molar refractivity (Wildman–Crippen MR) is 411 cm³/mol. The summed E-state index contributed by atoms with van der Waals surface area (Å²) in [5, 5.41) is 45.2. The molecule has 17 amide bonds. The predicted octanol–water partition coefficient (Wildman–Crippen LogP) is -10.5. The summed E-state index contributed by atoms with van der Waals surface area (Å²) >= 11 is 16.5. The molecule has 0 bridgehead atoms. The molecule has 49 heteroatoms. The Hall–Kier alpha value is -9.66. The zero-order valence-electron chi connectivity index (χ0n) is 62.4. The lowest BCUT2D eigenvalue weighted by molar-refractivity contribution is -0.148. The Morgan fingerprint density at radius 2 is 0.947 bits per heavy atom. The van der Waals surface area contributed by atoms with Gasteiger partial charge in [0.2, 0.25) is 94.5 Å². The minimum atomic E-state index is -5.00. The van der Waals surface area contributed by atoms with Gasteiger partial charge in [0, 0.05) is 42.6 Å². The zero-order valence-corrected chi connectivity index (χ0v) is 66.8. The molecule has 1 aromatic rings. The third kappa shape index (κ3) is 28.1. The number of benzene rings is 1. The Morgan fingerprint density at radius 3 is 1.45 bits per heavy atom. The van der Waals surface area contributed by atoms with Crippen LogP contribution in [0, 0.1) is 5.92 Å². The number of aliphatic hydroxyl groups excluding tert-OH is 1. The Balaban J connectivity index is 1.42. The molecular weight excluding hydrogens is 1610 g/mol. The number of aliphatic hydroxyl groups is 1. The minimum Gasteiger partial charge on any atom is -0.481 e. The molecule has 4 rings (SSSR count). The molecule has 15 unspecified atom stereocenters. The van der Waals surface area contributed by atoms with Crippen LogP contribution in [0.1, 0.15) is 97.5 Å². The summed E-state index contributed by atoms with van der Waals surface area (Å²) in [5.74, 6) is -23.2. The molecule has 634 valence electrons. The van der Waals surface area contributed by atoms with Crippen LogP contribution >= 0.6 is 50.5 Å². The number of nitrogens with two attached hydrogens (primary N) is 5. The summed E-state index contributed by atoms with van der Waals surface area (Å²) in [6.07, 6.45) is -2.87. The van der Waals surface area contributed by atoms with Crippen molar-refractivity contribution < 1.29 is 118 Å². The average Bonchev–Trinajstić information content (AvgIpc) is 1.18. The lowest BCUT2D eigenvalue weighted by Gasteiger charge is -2.35. The molecule has 3 saturated heterocycles. The van der Waals surface area contributed by atoms with Gasteiger partial charge in [-0.2, -0.15) is 58.9 Å². The van der Waals surface area contributed by atoms with E-state index in [4.69, 9.17) is 33.2 Å². The van der Waals surface area contributed by atoms with Crippen molar-refractivity contribution in [3.05, 3.63) is 29.8 Å². The van der Waals surface area contributed by atoms with E-state index in [1.807, 2.05) is 0 Å². The van der Waals surface area contributed by atoms with Crippen LogP contribution in [0.5, 0.6) is 5.75 Å². The normalized spacial score (nSPS) is 18.7. The average molecular weight is 1710 g/mol. The Bertz CT molecular complexity index is 3890. The molecule has 1 aromatic carbocycles. The topological polar surface area (TPSA) is 701 Å². The number of ketones is 1. The summed E-state index contributed by atoms with van der Waals surface area (Å²) in [6, 6.07) is -17.5. The van der Waals surface area contributed by atoms with Crippen molar-refractivity contribution in [3.63, 3.8) is 0 Å². The number of amides is 17. The van der Waals surface area contributed by atoms with Crippen molar-refractivity contribution in [3.8, 4) is 5.75 Å². The number of aliphatic carboxylic acids is 1. The number of carbonyl (C=O) groups is 19. The molecule has 3 fully saturated rings. The maximum Gasteiger partial charge on any atom is 0.446 e. The van der Waals surface area contributed by atoms with Crippen molar-refractivity contribution in [2.45, 2.75) is 188 Å². The first-order valence-corrected chi connectivity index (χ1v) is 39.5. The highest BCUT2D eigenvalue weighted by atomic mass is 32.3. The van der Waals surface area contributed by atoms with E-state index >= 15 is 0 Å². The molecule has 24 N–H and O–H groups in total. The summed E-state index contributed by atoms with van der Waals surface area (Å²) < 4.78 is 36.1. The largest absolute Gasteiger partial charge is 0.481 e. The molecule has 15 atom stereocenters. The van der Waals surface area contributed by atoms with Crippen LogP contribution in [0.2, 0.25) is 0 Å². The Morgan fingerprint density at radius 1 is 0.526 bits per heavy atom. The van der Waals surface area contributed by atoms with Crippen LogP contribution in [-0.2, 0) is 108 Å². The molecule has 44 nitrogen and oxygen atoms in total. The monoisotopic (exact) mass is 1710 g/mol. The smallest absolute Gasteiger partial charge is 0.446 e. The van der Waals surface area contributed by atoms with E-state index < -0.39 is 263 Å². The quantitative estimate of drug-likeness (QED) is 0.0164. The first-order chi connectivity index (χ1) is 53.4. The molecule has 0 radical (unpaired) electrons. The summed E-state index contributed by atoms with van der Waals surface area (Å²) in [7, 11) is -5.00. The lowest BCUT2D eigenvalue weighted by Crippen LogP contribution is -2.70. The van der Waals surface area contributed by atoms with Crippen LogP contribution in [0.3, 0.4) is 0 Å². The van der Waals surface area contributed by atoms with Crippen LogP contribution in [0.4, 0.5) is 0 Å². The number of Topliss-reactive ketones (excluding diaryl/α,β-unsaturated/α-hetero) is 1. The maximum absolute atomic E-state index is 14.6. The number of primary amides is 3. The molecular formula is C65H99N19O25S5. The van der Waals surface area contributed by atoms with Gasteiger partial charge in [-0.3, -0.25) is 95.6 Å². The number of carboxylic acids is 1. The Kier molecular flexibility index (Phi) is 38.0. The van der Waals surface area contributed by atoms with Gasteiger partial charge in [0.05, 0.1) is 44.5 Å². The molecule has 0 aliphatic carbocycles. The van der Waals surface area contributed by atoms with Crippen LogP contribution in [0.25, 0.3) is 0 Å². The number of carboxylic acid groups (broad SMARTS) is 1. The second kappa shape index (κ2) is 44.9. The van der Waals surface area contributed by atoms with Gasteiger partial charge in [-0.15, -0.1) is 0 Å². The van der Waals surface area contributed by atoms with Gasteiger partial charge in [0.25, 0.3) is 5.91 Å². The molecule has 3 aliphatic heterocycles. The third-order valence-electron chi connectivity index (χ3n) is 18.2. The molecule has 0 spiro atoms. The highest BCUT2D eigenvalue weighted by Gasteiger charge is 2.52. The minimum absolute atomic E-state index is 0.0102. The fraction of sp³-hybridized carbons (Fsp3) is 0.615. The second-order valence-corrected chi connectivity index (χ2v) is 29.8. The Labute approximate surface area is 675 Å². The lowest BCUT2D eigenvalue weighted by atomic mass is 9.86. The highest BCUT2D eigenvalue weighted by Crippen LogP contribution is 2.28. The molecule has 0 aromatic heterocycles. The van der Waals surface area contributed by atoms with Crippen LogP contribution in [-0.4, -0.2) is 296 Å². The fourth-order valence-electron chi connectivity index (χ4n) is 12.3. The molecule has 0 saturated carbocycles. The number of hydrogen-bond acceptors (Lipinski definition) is 29. The van der Waals surface area contributed by atoms with E-state index in [1.165, 1.54) is 16.7 Å². The van der Waals surface area contributed by atoms with Crippen molar-refractivity contribution in [2.75, 3.05) is 55.8 Å². The van der Waals surface area contributed by atoms with Crippen molar-refractivity contribution in [1.82, 2.24) is 73.2 Å². The second-order valence-electron chi connectivity index (χ2n) is 27.3. The molecule has 114 heavy (non-hydrogen) atoms. The van der Waals surface area contributed by atoms with Crippen LogP contribution in [0.15, 0.2) is 24.3 Å². The van der Waals surface area contributed by atoms with E-state index in [1.54, 1.807) is 13.8 Å². The van der Waals surface area contributed by atoms with Gasteiger partial charge in [0.15, 0.2) is 11.3 Å². The number of likely N-dealkylation sites (tertiary alicyclic amines) is 3. The molecule has 3 heterocycles. The number of carbonyl (C=O) groups excluding carboxylic acids is 18. The van der Waals surface area contributed by atoms with Gasteiger partial charge in [-0.25, -0.2) is 0 Å². The van der Waals surface area contributed by atoms with Gasteiger partial charge in [-0.1, -0.05) is 26.0 Å². The standard InChI is InChI=1S/C65H99N19O25S5/c1-29(2)18-37(76-55(96)39(24-85)78-58(99)42(27-112)79-57(98)40(25-110)73-48(88)23-66)61(102)84-17-7-10-45(84)63(104)83-16-5-8-43(83)59(100)80-41(26-111)56(97)72-30(3)51(92)71-31(4)52(93)75-36(21-46(68)86)54(95)77-38(22-47(69)87)62(103)82-15-6-9-44(82)60(101)81-65(28-113,64(70)105)50(91)35(74-53(94)34(67)20-49(89)90)19-32-11-13-33(14-12-32)109-114(106,107)108/h11-14,29-31,34-45,85,110-113H,5-10,15-28,66-67H2,1-4H3,(H2,68,86)(H2,69,87)(H2,70,105)(H,71,92)(H,72,97)(H,73,88)(H,74,94)(H,75,93)(H,76,96)(H,77,95)(H,78,99)(H,79,98)(H,80,100)(H,81,101)(H,89,90)(H,106,107,108). The van der Waals surface area contributed by atoms with E-state index in [0.717, 1.165) is 36.1 Å². The number of hydrogen-bond donors (Lipinski definition) is 23. The van der Waals surface area contributed by atoms with Gasteiger partial charge < -0.3 is 116 Å². The first kappa shape index (κ1) is 96.7. The van der Waals surface area contributed by atoms with Gasteiger partial charge in [-0.05, 0) is 88.8 Å². The number of nitrogens with zero attached hydrogens (tertiary/aromatic N) is 3.